The lowest BCUT2D eigenvalue weighted by atomic mass is 9.82. The van der Waals surface area contributed by atoms with Crippen LogP contribution in [0.4, 0.5) is 0 Å². The summed E-state index contributed by atoms with van der Waals surface area (Å²) in [4.78, 5) is 25.6. The number of rotatable bonds is 29. The lowest BCUT2D eigenvalue weighted by Crippen LogP contribution is -2.29. The first kappa shape index (κ1) is 40.4. The van der Waals surface area contributed by atoms with Gasteiger partial charge in [-0.15, -0.1) is 0 Å². The lowest BCUT2D eigenvalue weighted by Gasteiger charge is -2.23. The van der Waals surface area contributed by atoms with E-state index in [0.29, 0.717) is 0 Å². The predicted molar refractivity (Wildman–Crippen MR) is 193 cm³/mol. The molecule has 0 aliphatic heterocycles. The van der Waals surface area contributed by atoms with Crippen LogP contribution in [0.25, 0.3) is 0 Å². The molecule has 0 aliphatic carbocycles. The van der Waals surface area contributed by atoms with Crippen LogP contribution in [0.3, 0.4) is 0 Å². The van der Waals surface area contributed by atoms with E-state index in [1.54, 1.807) is 5.56 Å². The standard InChI is InChI=1S/C41H73NO2/c1-6-10-14-18-22-26-30-36-34-40(41(44)42-35(5)43)39(33-29-25-21-17-13-9-4)38(32-28-24-20-16-12-8-3)37(36)31-27-23-19-15-11-7-2/h34H,6-33H2,1-5H3,(H,42,43,44). The molecule has 1 rings (SSSR count). The number of nitrogens with one attached hydrogen (secondary N) is 1. The summed E-state index contributed by atoms with van der Waals surface area (Å²) in [5.41, 5.74) is 6.51. The minimum absolute atomic E-state index is 0.182. The van der Waals surface area contributed by atoms with Gasteiger partial charge in [-0.25, -0.2) is 0 Å². The third-order valence-electron chi connectivity index (χ3n) is 9.43. The molecule has 1 N–H and O–H groups in total. The highest BCUT2D eigenvalue weighted by Crippen LogP contribution is 2.31. The van der Waals surface area contributed by atoms with Crippen LogP contribution in [0.15, 0.2) is 6.07 Å². The van der Waals surface area contributed by atoms with Crippen molar-refractivity contribution in [2.75, 3.05) is 0 Å². The van der Waals surface area contributed by atoms with Crippen molar-refractivity contribution in [3.63, 3.8) is 0 Å². The van der Waals surface area contributed by atoms with Crippen molar-refractivity contribution in [3.8, 4) is 0 Å². The number of carbonyl (C=O) groups is 2. The zero-order chi connectivity index (χ0) is 32.3. The summed E-state index contributed by atoms with van der Waals surface area (Å²) in [5, 5.41) is 2.67. The number of carbonyl (C=O) groups excluding carboxylic acids is 2. The van der Waals surface area contributed by atoms with Crippen molar-refractivity contribution < 1.29 is 9.59 Å². The SMILES string of the molecule is CCCCCCCCc1cc(C(=O)NC(C)=O)c(CCCCCCCC)c(CCCCCCCC)c1CCCCCCCC. The van der Waals surface area contributed by atoms with Gasteiger partial charge < -0.3 is 0 Å². The van der Waals surface area contributed by atoms with Gasteiger partial charge >= 0.3 is 0 Å². The molecule has 0 spiro atoms. The van der Waals surface area contributed by atoms with Crippen molar-refractivity contribution in [2.45, 2.75) is 214 Å². The number of imide groups is 1. The molecule has 0 bridgehead atoms. The summed E-state index contributed by atoms with van der Waals surface area (Å²) in [6.07, 6.45) is 35.0. The molecule has 0 unspecified atom stereocenters. The maximum absolute atomic E-state index is 13.6. The number of aryl methyl sites for hydroxylation is 1. The van der Waals surface area contributed by atoms with Gasteiger partial charge in [0.05, 0.1) is 0 Å². The molecule has 0 atom stereocenters. The smallest absolute Gasteiger partial charge is 0.258 e. The number of benzene rings is 1. The Kier molecular flexibility index (Phi) is 25.4. The van der Waals surface area contributed by atoms with E-state index in [0.717, 1.165) is 37.7 Å². The molecule has 0 heterocycles. The normalized spacial score (nSPS) is 11.3. The molecule has 0 saturated carbocycles. The fourth-order valence-corrected chi connectivity index (χ4v) is 6.78. The second-order valence-corrected chi connectivity index (χ2v) is 13.6. The summed E-state index contributed by atoms with van der Waals surface area (Å²) in [6, 6.07) is 2.23. The lowest BCUT2D eigenvalue weighted by molar-refractivity contribution is -0.118. The molecule has 3 heteroatoms. The van der Waals surface area contributed by atoms with Crippen molar-refractivity contribution in [3.05, 3.63) is 33.9 Å². The second kappa shape index (κ2) is 27.7. The highest BCUT2D eigenvalue weighted by molar-refractivity contribution is 6.05. The molecule has 0 radical (unpaired) electrons. The Morgan fingerprint density at radius 1 is 0.455 bits per heavy atom. The van der Waals surface area contributed by atoms with E-state index in [-0.39, 0.29) is 11.8 Å². The minimum atomic E-state index is -0.258. The van der Waals surface area contributed by atoms with Crippen LogP contribution in [0.5, 0.6) is 0 Å². The monoisotopic (exact) mass is 612 g/mol. The van der Waals surface area contributed by atoms with E-state index in [9.17, 15) is 9.59 Å². The first-order valence-corrected chi connectivity index (χ1v) is 19.5. The molecule has 44 heavy (non-hydrogen) atoms. The summed E-state index contributed by atoms with van der Waals surface area (Å²) >= 11 is 0. The molecule has 3 nitrogen and oxygen atoms in total. The van der Waals surface area contributed by atoms with Crippen LogP contribution in [0.2, 0.25) is 0 Å². The van der Waals surface area contributed by atoms with Crippen LogP contribution < -0.4 is 5.32 Å². The van der Waals surface area contributed by atoms with Gasteiger partial charge in [0.15, 0.2) is 0 Å². The minimum Gasteiger partial charge on any atom is -0.293 e. The van der Waals surface area contributed by atoms with Crippen LogP contribution in [-0.2, 0) is 30.5 Å². The van der Waals surface area contributed by atoms with Gasteiger partial charge in [-0.2, -0.15) is 0 Å². The number of hydrogen-bond donors (Lipinski definition) is 1. The van der Waals surface area contributed by atoms with E-state index in [4.69, 9.17) is 0 Å². The Hall–Kier alpha value is -1.64. The number of unbranched alkanes of at least 4 members (excludes halogenated alkanes) is 20. The highest BCUT2D eigenvalue weighted by Gasteiger charge is 2.22. The van der Waals surface area contributed by atoms with E-state index >= 15 is 0 Å². The maximum atomic E-state index is 13.6. The van der Waals surface area contributed by atoms with Crippen molar-refractivity contribution in [1.82, 2.24) is 5.32 Å². The predicted octanol–water partition coefficient (Wildman–Crippen LogP) is 12.6. The Labute approximate surface area is 274 Å². The Bertz CT molecular complexity index is 874. The van der Waals surface area contributed by atoms with Crippen LogP contribution in [0.1, 0.15) is 221 Å². The van der Waals surface area contributed by atoms with Gasteiger partial charge in [-0.1, -0.05) is 156 Å². The van der Waals surface area contributed by atoms with Crippen LogP contribution in [0, 0.1) is 0 Å². The van der Waals surface area contributed by atoms with Crippen molar-refractivity contribution >= 4 is 11.8 Å². The Morgan fingerprint density at radius 3 is 1.20 bits per heavy atom. The van der Waals surface area contributed by atoms with Crippen LogP contribution in [-0.4, -0.2) is 11.8 Å². The largest absolute Gasteiger partial charge is 0.293 e. The van der Waals surface area contributed by atoms with E-state index < -0.39 is 0 Å². The van der Waals surface area contributed by atoms with Crippen molar-refractivity contribution in [1.29, 1.82) is 0 Å². The quantitative estimate of drug-likeness (QED) is 0.0916. The molecular weight excluding hydrogens is 538 g/mol. The Morgan fingerprint density at radius 2 is 0.795 bits per heavy atom. The third kappa shape index (κ3) is 18.4. The number of hydrogen-bond acceptors (Lipinski definition) is 2. The van der Waals surface area contributed by atoms with E-state index in [2.05, 4.69) is 39.1 Å². The average Bonchev–Trinajstić information content (AvgIpc) is 3.00. The van der Waals surface area contributed by atoms with E-state index in [1.165, 1.54) is 171 Å². The first-order chi connectivity index (χ1) is 21.5. The average molecular weight is 612 g/mol. The molecule has 0 fully saturated rings. The summed E-state index contributed by atoms with van der Waals surface area (Å²) < 4.78 is 0. The van der Waals surface area contributed by atoms with E-state index in [1.807, 2.05) is 0 Å². The van der Waals surface area contributed by atoms with Gasteiger partial charge in [0.2, 0.25) is 5.91 Å². The third-order valence-corrected chi connectivity index (χ3v) is 9.43. The van der Waals surface area contributed by atoms with Gasteiger partial charge in [0, 0.05) is 12.5 Å². The Balaban J connectivity index is 3.41. The maximum Gasteiger partial charge on any atom is 0.258 e. The molecule has 1 aromatic rings. The first-order valence-electron chi connectivity index (χ1n) is 19.5. The molecule has 0 saturated heterocycles. The fourth-order valence-electron chi connectivity index (χ4n) is 6.78. The second-order valence-electron chi connectivity index (χ2n) is 13.6. The van der Waals surface area contributed by atoms with Gasteiger partial charge in [-0.3, -0.25) is 14.9 Å². The van der Waals surface area contributed by atoms with Gasteiger partial charge in [-0.05, 0) is 79.7 Å². The summed E-state index contributed by atoms with van der Waals surface area (Å²) in [6.45, 7) is 10.6. The summed E-state index contributed by atoms with van der Waals surface area (Å²) in [7, 11) is 0. The van der Waals surface area contributed by atoms with Crippen LogP contribution >= 0.6 is 0 Å². The molecule has 1 aromatic carbocycles. The highest BCUT2D eigenvalue weighted by atomic mass is 16.2. The van der Waals surface area contributed by atoms with Gasteiger partial charge in [0.25, 0.3) is 5.91 Å². The molecule has 2 amide bonds. The summed E-state index contributed by atoms with van der Waals surface area (Å²) in [5.74, 6) is -0.440. The topological polar surface area (TPSA) is 46.2 Å². The zero-order valence-electron chi connectivity index (χ0n) is 30.2. The molecule has 0 aromatic heterocycles. The molecule has 0 aliphatic rings. The molecular formula is C41H73NO2. The molecule has 254 valence electrons. The zero-order valence-corrected chi connectivity index (χ0v) is 30.2. The van der Waals surface area contributed by atoms with Crippen molar-refractivity contribution in [2.24, 2.45) is 0 Å². The number of amides is 2. The fraction of sp³-hybridized carbons (Fsp3) is 0.805. The van der Waals surface area contributed by atoms with Gasteiger partial charge in [0.1, 0.15) is 0 Å².